The summed E-state index contributed by atoms with van der Waals surface area (Å²) in [4.78, 5) is 11.2. The maximum atomic E-state index is 12.2. The zero-order chi connectivity index (χ0) is 11.5. The van der Waals surface area contributed by atoms with Crippen LogP contribution in [0.1, 0.15) is 10.4 Å². The summed E-state index contributed by atoms with van der Waals surface area (Å²) in [7, 11) is 0. The van der Waals surface area contributed by atoms with Gasteiger partial charge in [0.2, 0.25) is 5.91 Å². The third-order valence-electron chi connectivity index (χ3n) is 1.60. The molecule has 1 heterocycles. The van der Waals surface area contributed by atoms with Crippen molar-refractivity contribution in [1.82, 2.24) is 5.32 Å². The van der Waals surface area contributed by atoms with Gasteiger partial charge in [-0.25, -0.2) is 0 Å². The van der Waals surface area contributed by atoms with Gasteiger partial charge in [0.15, 0.2) is 0 Å². The monoisotopic (exact) mass is 235 g/mol. The molecule has 6 heteroatoms. The minimum atomic E-state index is -4.32. The van der Waals surface area contributed by atoms with Gasteiger partial charge in [-0.1, -0.05) is 6.58 Å². The number of halogens is 3. The highest BCUT2D eigenvalue weighted by atomic mass is 32.1. The molecule has 0 aliphatic heterocycles. The van der Waals surface area contributed by atoms with Gasteiger partial charge in [0.25, 0.3) is 0 Å². The second-order valence-electron chi connectivity index (χ2n) is 2.72. The molecule has 0 fully saturated rings. The molecule has 0 radical (unpaired) electrons. The molecule has 1 amide bonds. The fraction of sp³-hybridized carbons (Fsp3) is 0.222. The van der Waals surface area contributed by atoms with E-state index in [-0.39, 0.29) is 6.54 Å². The molecule has 0 aliphatic carbocycles. The molecule has 82 valence electrons. The van der Waals surface area contributed by atoms with Gasteiger partial charge in [-0.2, -0.15) is 13.2 Å². The summed E-state index contributed by atoms with van der Waals surface area (Å²) in [6.07, 6.45) is -3.25. The van der Waals surface area contributed by atoms with Crippen LogP contribution in [0.25, 0.3) is 0 Å². The van der Waals surface area contributed by atoms with Crippen LogP contribution in [0.4, 0.5) is 13.2 Å². The van der Waals surface area contributed by atoms with E-state index in [1.54, 1.807) is 0 Å². The normalized spacial score (nSPS) is 11.1. The molecule has 0 bridgehead atoms. The van der Waals surface area contributed by atoms with E-state index in [4.69, 9.17) is 0 Å². The van der Waals surface area contributed by atoms with Crippen molar-refractivity contribution in [3.8, 4) is 0 Å². The lowest BCUT2D eigenvalue weighted by Gasteiger charge is -2.01. The van der Waals surface area contributed by atoms with Crippen LogP contribution in [0, 0.1) is 0 Å². The maximum Gasteiger partial charge on any atom is 0.417 e. The molecule has 0 spiro atoms. The molecule has 1 aromatic rings. The van der Waals surface area contributed by atoms with Crippen LogP contribution < -0.4 is 5.32 Å². The van der Waals surface area contributed by atoms with Crippen molar-refractivity contribution in [2.24, 2.45) is 0 Å². The van der Waals surface area contributed by atoms with Crippen LogP contribution in [0.15, 0.2) is 24.1 Å². The Morgan fingerprint density at radius 1 is 1.60 bits per heavy atom. The van der Waals surface area contributed by atoms with Crippen LogP contribution in [0.3, 0.4) is 0 Å². The van der Waals surface area contributed by atoms with Gasteiger partial charge < -0.3 is 5.32 Å². The van der Waals surface area contributed by atoms with E-state index in [0.717, 1.165) is 28.9 Å². The molecule has 1 N–H and O–H groups in total. The van der Waals surface area contributed by atoms with Gasteiger partial charge in [0, 0.05) is 10.3 Å². The van der Waals surface area contributed by atoms with Crippen molar-refractivity contribution in [2.75, 3.05) is 0 Å². The quantitative estimate of drug-likeness (QED) is 0.801. The van der Waals surface area contributed by atoms with Gasteiger partial charge in [0.1, 0.15) is 0 Å². The van der Waals surface area contributed by atoms with E-state index in [9.17, 15) is 18.0 Å². The highest BCUT2D eigenvalue weighted by Crippen LogP contribution is 2.32. The maximum absolute atomic E-state index is 12.2. The van der Waals surface area contributed by atoms with Crippen molar-refractivity contribution in [2.45, 2.75) is 12.7 Å². The minimum absolute atomic E-state index is 0.0889. The standard InChI is InChI=1S/C9H8F3NOS/c1-2-8(14)13-4-7-3-6(5-15-7)9(10,11)12/h2-3,5H,1,4H2,(H,13,14). The number of carbonyl (C=O) groups excluding carboxylic acids is 1. The molecule has 0 saturated carbocycles. The van der Waals surface area contributed by atoms with Gasteiger partial charge in [-0.05, 0) is 12.1 Å². The minimum Gasteiger partial charge on any atom is -0.348 e. The lowest BCUT2D eigenvalue weighted by molar-refractivity contribution is -0.137. The van der Waals surface area contributed by atoms with E-state index < -0.39 is 17.6 Å². The molecular weight excluding hydrogens is 227 g/mol. The zero-order valence-corrected chi connectivity index (χ0v) is 8.41. The number of rotatable bonds is 3. The van der Waals surface area contributed by atoms with Crippen molar-refractivity contribution in [1.29, 1.82) is 0 Å². The van der Waals surface area contributed by atoms with Gasteiger partial charge in [-0.15, -0.1) is 11.3 Å². The second-order valence-corrected chi connectivity index (χ2v) is 3.72. The Kier molecular flexibility index (Phi) is 3.52. The summed E-state index contributed by atoms with van der Waals surface area (Å²) in [5.74, 6) is -0.406. The first kappa shape index (κ1) is 11.8. The fourth-order valence-electron chi connectivity index (χ4n) is 0.868. The number of hydrogen-bond donors (Lipinski definition) is 1. The molecule has 0 atom stereocenters. The molecule has 1 aromatic heterocycles. The summed E-state index contributed by atoms with van der Waals surface area (Å²) >= 11 is 0.960. The first-order valence-corrected chi connectivity index (χ1v) is 4.86. The zero-order valence-electron chi connectivity index (χ0n) is 7.60. The van der Waals surface area contributed by atoms with Crippen molar-refractivity contribution >= 4 is 17.2 Å². The third-order valence-corrected chi connectivity index (χ3v) is 2.54. The van der Waals surface area contributed by atoms with Crippen LogP contribution in [0.2, 0.25) is 0 Å². The Hall–Kier alpha value is -1.30. The Labute approximate surface area is 88.4 Å². The molecule has 0 aromatic carbocycles. The molecule has 0 aliphatic rings. The van der Waals surface area contributed by atoms with E-state index in [2.05, 4.69) is 11.9 Å². The summed E-state index contributed by atoms with van der Waals surface area (Å²) in [5, 5.41) is 3.42. The van der Waals surface area contributed by atoms with Crippen LogP contribution in [0.5, 0.6) is 0 Å². The van der Waals surface area contributed by atoms with Crippen molar-refractivity contribution in [3.63, 3.8) is 0 Å². The average molecular weight is 235 g/mol. The number of thiophene rings is 1. The lowest BCUT2D eigenvalue weighted by atomic mass is 10.3. The highest BCUT2D eigenvalue weighted by molar-refractivity contribution is 7.10. The van der Waals surface area contributed by atoms with Crippen LogP contribution in [-0.2, 0) is 17.5 Å². The molecule has 2 nitrogen and oxygen atoms in total. The Balaban J connectivity index is 2.61. The molecule has 0 saturated heterocycles. The largest absolute Gasteiger partial charge is 0.417 e. The second kappa shape index (κ2) is 4.48. The summed E-state index contributed by atoms with van der Waals surface area (Å²) < 4.78 is 36.5. The smallest absolute Gasteiger partial charge is 0.348 e. The number of alkyl halides is 3. The SMILES string of the molecule is C=CC(=O)NCc1cc(C(F)(F)F)cs1. The Bertz CT molecular complexity index is 370. The molecular formula is C9H8F3NOS. The van der Waals surface area contributed by atoms with E-state index in [1.165, 1.54) is 0 Å². The predicted octanol–water partition coefficient (Wildman–Crippen LogP) is 2.57. The summed E-state index contributed by atoms with van der Waals surface area (Å²) in [5.41, 5.74) is -0.685. The Morgan fingerprint density at radius 2 is 2.27 bits per heavy atom. The Morgan fingerprint density at radius 3 is 2.73 bits per heavy atom. The molecule has 15 heavy (non-hydrogen) atoms. The van der Waals surface area contributed by atoms with Crippen molar-refractivity contribution < 1.29 is 18.0 Å². The predicted molar refractivity (Wildman–Crippen MR) is 51.4 cm³/mol. The van der Waals surface area contributed by atoms with Crippen molar-refractivity contribution in [3.05, 3.63) is 34.5 Å². The van der Waals surface area contributed by atoms with E-state index in [1.807, 2.05) is 0 Å². The van der Waals surface area contributed by atoms with Crippen LogP contribution in [-0.4, -0.2) is 5.91 Å². The van der Waals surface area contributed by atoms with Gasteiger partial charge in [-0.3, -0.25) is 4.79 Å². The lowest BCUT2D eigenvalue weighted by Crippen LogP contribution is -2.19. The third kappa shape index (κ3) is 3.39. The fourth-order valence-corrected chi connectivity index (χ4v) is 1.70. The van der Waals surface area contributed by atoms with Crippen LogP contribution >= 0.6 is 11.3 Å². The first-order valence-electron chi connectivity index (χ1n) is 3.98. The van der Waals surface area contributed by atoms with E-state index in [0.29, 0.717) is 4.88 Å². The molecule has 0 unspecified atom stereocenters. The molecule has 1 rings (SSSR count). The summed E-state index contributed by atoms with van der Waals surface area (Å²) in [6, 6.07) is 1.02. The van der Waals surface area contributed by atoms with Gasteiger partial charge >= 0.3 is 6.18 Å². The number of hydrogen-bond acceptors (Lipinski definition) is 2. The highest BCUT2D eigenvalue weighted by Gasteiger charge is 2.31. The first-order chi connectivity index (χ1) is 6.93. The topological polar surface area (TPSA) is 29.1 Å². The van der Waals surface area contributed by atoms with Gasteiger partial charge in [0.05, 0.1) is 12.1 Å². The number of amides is 1. The van der Waals surface area contributed by atoms with E-state index >= 15 is 0 Å². The average Bonchev–Trinajstić information content (AvgIpc) is 2.61. The number of nitrogens with one attached hydrogen (secondary N) is 1. The summed E-state index contributed by atoms with van der Waals surface area (Å²) in [6.45, 7) is 3.32. The number of carbonyl (C=O) groups is 1.